The summed E-state index contributed by atoms with van der Waals surface area (Å²) in [4.78, 5) is 0. The predicted octanol–water partition coefficient (Wildman–Crippen LogP) is 6.04. The van der Waals surface area contributed by atoms with Gasteiger partial charge in [0.1, 0.15) is 6.61 Å². The van der Waals surface area contributed by atoms with Crippen LogP contribution in [-0.2, 0) is 19.6 Å². The van der Waals surface area contributed by atoms with Crippen LogP contribution in [0.3, 0.4) is 0 Å². The number of hydrogen-bond donors (Lipinski definition) is 1. The van der Waals surface area contributed by atoms with Gasteiger partial charge in [0.05, 0.1) is 7.11 Å². The zero-order valence-electron chi connectivity index (χ0n) is 17.0. The van der Waals surface area contributed by atoms with Crippen LogP contribution in [0.25, 0.3) is 0 Å². The summed E-state index contributed by atoms with van der Waals surface area (Å²) in [6.45, 7) is 3.47. The van der Waals surface area contributed by atoms with Gasteiger partial charge in [-0.25, -0.2) is 0 Å². The monoisotopic (exact) mass is 409 g/mol. The number of nitrogens with one attached hydrogen (secondary N) is 1. The molecule has 3 aromatic rings. The molecule has 1 atom stereocenters. The van der Waals surface area contributed by atoms with Crippen LogP contribution in [-0.4, -0.2) is 13.2 Å². The molecule has 1 N–H and O–H groups in total. The fraction of sp³-hybridized carbons (Fsp3) is 0.280. The molecule has 0 bridgehead atoms. The molecular weight excluding hydrogens is 382 g/mol. The van der Waals surface area contributed by atoms with Gasteiger partial charge in [-0.2, -0.15) is 0 Å². The SMILES string of the molecule is COc1cc(CN[C@@H](C)CCc2ccccc2)ccc1OCc1cccc(Cl)c1. The molecule has 0 aliphatic rings. The van der Waals surface area contributed by atoms with Crippen LogP contribution >= 0.6 is 11.6 Å². The lowest BCUT2D eigenvalue weighted by atomic mass is 10.1. The van der Waals surface area contributed by atoms with Crippen molar-refractivity contribution in [3.05, 3.63) is 94.5 Å². The maximum atomic E-state index is 6.04. The molecule has 3 rings (SSSR count). The van der Waals surface area contributed by atoms with Gasteiger partial charge in [0.25, 0.3) is 0 Å². The lowest BCUT2D eigenvalue weighted by molar-refractivity contribution is 0.284. The van der Waals surface area contributed by atoms with Crippen molar-refractivity contribution >= 4 is 11.6 Å². The van der Waals surface area contributed by atoms with Gasteiger partial charge >= 0.3 is 0 Å². The van der Waals surface area contributed by atoms with Gasteiger partial charge in [-0.15, -0.1) is 0 Å². The molecular formula is C25H28ClNO2. The molecule has 0 amide bonds. The summed E-state index contributed by atoms with van der Waals surface area (Å²) in [5.74, 6) is 1.47. The minimum absolute atomic E-state index is 0.431. The van der Waals surface area contributed by atoms with Crippen LogP contribution in [0.2, 0.25) is 5.02 Å². The lowest BCUT2D eigenvalue weighted by Crippen LogP contribution is -2.26. The van der Waals surface area contributed by atoms with Crippen LogP contribution in [0.1, 0.15) is 30.0 Å². The van der Waals surface area contributed by atoms with Gasteiger partial charge in [0, 0.05) is 17.6 Å². The molecule has 0 heterocycles. The molecule has 0 unspecified atom stereocenters. The van der Waals surface area contributed by atoms with E-state index in [4.69, 9.17) is 21.1 Å². The van der Waals surface area contributed by atoms with Crippen molar-refractivity contribution in [2.24, 2.45) is 0 Å². The first-order valence-corrected chi connectivity index (χ1v) is 10.3. The van der Waals surface area contributed by atoms with Crippen LogP contribution in [0.15, 0.2) is 72.8 Å². The predicted molar refractivity (Wildman–Crippen MR) is 120 cm³/mol. The molecule has 0 spiro atoms. The van der Waals surface area contributed by atoms with Gasteiger partial charge in [-0.05, 0) is 60.7 Å². The summed E-state index contributed by atoms with van der Waals surface area (Å²) in [5, 5.41) is 4.30. The van der Waals surface area contributed by atoms with E-state index < -0.39 is 0 Å². The summed E-state index contributed by atoms with van der Waals surface area (Å²) < 4.78 is 11.5. The second kappa shape index (κ2) is 10.9. The highest BCUT2D eigenvalue weighted by molar-refractivity contribution is 6.30. The zero-order chi connectivity index (χ0) is 20.5. The van der Waals surface area contributed by atoms with E-state index in [9.17, 15) is 0 Å². The largest absolute Gasteiger partial charge is 0.493 e. The number of hydrogen-bond acceptors (Lipinski definition) is 3. The first kappa shape index (κ1) is 21.2. The van der Waals surface area contributed by atoms with E-state index in [2.05, 4.69) is 48.6 Å². The number of benzene rings is 3. The van der Waals surface area contributed by atoms with Gasteiger partial charge in [0.15, 0.2) is 11.5 Å². The normalized spacial score (nSPS) is 11.8. The maximum absolute atomic E-state index is 6.04. The molecule has 0 saturated heterocycles. The van der Waals surface area contributed by atoms with Crippen molar-refractivity contribution in [3.8, 4) is 11.5 Å². The Bertz CT molecular complexity index is 898. The molecule has 0 aromatic heterocycles. The van der Waals surface area contributed by atoms with Crippen molar-refractivity contribution in [2.45, 2.75) is 39.0 Å². The topological polar surface area (TPSA) is 30.5 Å². The summed E-state index contributed by atoms with van der Waals surface area (Å²) in [7, 11) is 1.67. The smallest absolute Gasteiger partial charge is 0.161 e. The molecule has 29 heavy (non-hydrogen) atoms. The lowest BCUT2D eigenvalue weighted by Gasteiger charge is -2.16. The quantitative estimate of drug-likeness (QED) is 0.443. The van der Waals surface area contributed by atoms with Gasteiger partial charge in [0.2, 0.25) is 0 Å². The minimum Gasteiger partial charge on any atom is -0.493 e. The molecule has 0 radical (unpaired) electrons. The van der Waals surface area contributed by atoms with Crippen LogP contribution in [0.5, 0.6) is 11.5 Å². The third kappa shape index (κ3) is 6.81. The zero-order valence-corrected chi connectivity index (χ0v) is 17.8. The van der Waals surface area contributed by atoms with Gasteiger partial charge in [-0.3, -0.25) is 0 Å². The van der Waals surface area contributed by atoms with E-state index in [-0.39, 0.29) is 0 Å². The number of rotatable bonds is 10. The van der Waals surface area contributed by atoms with E-state index in [1.54, 1.807) is 7.11 Å². The Hall–Kier alpha value is -2.49. The molecule has 4 heteroatoms. The van der Waals surface area contributed by atoms with Crippen molar-refractivity contribution in [2.75, 3.05) is 7.11 Å². The fourth-order valence-electron chi connectivity index (χ4n) is 3.15. The van der Waals surface area contributed by atoms with Crippen LogP contribution < -0.4 is 14.8 Å². The van der Waals surface area contributed by atoms with E-state index in [1.165, 1.54) is 11.1 Å². The van der Waals surface area contributed by atoms with Crippen LogP contribution in [0, 0.1) is 0 Å². The number of halogens is 1. The van der Waals surface area contributed by atoms with E-state index in [0.29, 0.717) is 17.7 Å². The summed E-state index contributed by atoms with van der Waals surface area (Å²) in [5.41, 5.74) is 3.57. The minimum atomic E-state index is 0.431. The Morgan fingerprint density at radius 2 is 1.66 bits per heavy atom. The Balaban J connectivity index is 1.51. The average molecular weight is 410 g/mol. The van der Waals surface area contributed by atoms with Crippen molar-refractivity contribution < 1.29 is 9.47 Å². The van der Waals surface area contributed by atoms with E-state index >= 15 is 0 Å². The van der Waals surface area contributed by atoms with E-state index in [1.807, 2.05) is 36.4 Å². The molecule has 152 valence electrons. The van der Waals surface area contributed by atoms with Gasteiger partial charge in [-0.1, -0.05) is 60.1 Å². The third-order valence-corrected chi connectivity index (χ3v) is 5.11. The molecule has 0 aliphatic carbocycles. The van der Waals surface area contributed by atoms with Crippen LogP contribution in [0.4, 0.5) is 0 Å². The first-order valence-electron chi connectivity index (χ1n) is 9.95. The molecule has 0 aliphatic heterocycles. The third-order valence-electron chi connectivity index (χ3n) is 4.87. The van der Waals surface area contributed by atoms with Crippen molar-refractivity contribution in [3.63, 3.8) is 0 Å². The molecule has 0 fully saturated rings. The van der Waals surface area contributed by atoms with Gasteiger partial charge < -0.3 is 14.8 Å². The van der Waals surface area contributed by atoms with E-state index in [0.717, 1.165) is 36.4 Å². The number of methoxy groups -OCH3 is 1. The molecule has 3 aromatic carbocycles. The Labute approximate surface area is 178 Å². The van der Waals surface area contributed by atoms with Crippen molar-refractivity contribution in [1.82, 2.24) is 5.32 Å². The van der Waals surface area contributed by atoms with Crippen molar-refractivity contribution in [1.29, 1.82) is 0 Å². The average Bonchev–Trinajstić information content (AvgIpc) is 2.75. The molecule has 0 saturated carbocycles. The first-order chi connectivity index (χ1) is 14.1. The molecule has 3 nitrogen and oxygen atoms in total. The number of ether oxygens (including phenoxy) is 2. The highest BCUT2D eigenvalue weighted by Crippen LogP contribution is 2.29. The summed E-state index contributed by atoms with van der Waals surface area (Å²) in [6, 6.07) is 24.8. The number of aryl methyl sites for hydroxylation is 1. The summed E-state index contributed by atoms with van der Waals surface area (Å²) in [6.07, 6.45) is 2.18. The highest BCUT2D eigenvalue weighted by Gasteiger charge is 2.08. The second-order valence-electron chi connectivity index (χ2n) is 7.21. The Kier molecular flexibility index (Phi) is 7.97. The Morgan fingerprint density at radius 1 is 0.862 bits per heavy atom. The standard InChI is InChI=1S/C25H28ClNO2/c1-19(11-12-20-7-4-3-5-8-20)27-17-21-13-14-24(25(16-21)28-2)29-18-22-9-6-10-23(26)15-22/h3-10,13-16,19,27H,11-12,17-18H2,1-2H3/t19-/m0/s1. The summed E-state index contributed by atoms with van der Waals surface area (Å²) >= 11 is 6.04. The Morgan fingerprint density at radius 3 is 2.41 bits per heavy atom. The second-order valence-corrected chi connectivity index (χ2v) is 7.65. The maximum Gasteiger partial charge on any atom is 0.161 e. The highest BCUT2D eigenvalue weighted by atomic mass is 35.5. The fourth-order valence-corrected chi connectivity index (χ4v) is 3.36.